The van der Waals surface area contributed by atoms with E-state index in [0.717, 1.165) is 18.4 Å². The first-order valence-electron chi connectivity index (χ1n) is 16.9. The lowest BCUT2D eigenvalue weighted by molar-refractivity contribution is -0.135. The van der Waals surface area contributed by atoms with Gasteiger partial charge < -0.3 is 39.6 Å². The molecule has 2 aromatic carbocycles. The summed E-state index contributed by atoms with van der Waals surface area (Å²) in [6.45, 7) is 11.7. The summed E-state index contributed by atoms with van der Waals surface area (Å²) in [4.78, 5) is 59.9. The zero-order valence-corrected chi connectivity index (χ0v) is 30.0. The van der Waals surface area contributed by atoms with E-state index in [-0.39, 0.29) is 24.9 Å². The van der Waals surface area contributed by atoms with Crippen LogP contribution in [0.3, 0.4) is 0 Å². The van der Waals surface area contributed by atoms with E-state index in [1.165, 1.54) is 20.2 Å². The van der Waals surface area contributed by atoms with E-state index in [9.17, 15) is 19.2 Å². The molecule has 1 aliphatic rings. The molecule has 13 heteroatoms. The van der Waals surface area contributed by atoms with Gasteiger partial charge in [0.2, 0.25) is 11.8 Å². The summed E-state index contributed by atoms with van der Waals surface area (Å²) in [5.41, 5.74) is -0.600. The Balaban J connectivity index is 1.53. The number of carbonyl (C=O) groups is 4. The highest BCUT2D eigenvalue weighted by molar-refractivity contribution is 5.98. The summed E-state index contributed by atoms with van der Waals surface area (Å²) in [5.74, 6) is 0.0273. The highest BCUT2D eigenvalue weighted by Gasteiger charge is 2.35. The molecule has 13 nitrogen and oxygen atoms in total. The fourth-order valence-corrected chi connectivity index (χ4v) is 5.42. The van der Waals surface area contributed by atoms with Gasteiger partial charge in [0.15, 0.2) is 5.82 Å². The molecule has 4 amide bonds. The second-order valence-electron chi connectivity index (χ2n) is 14.2. The monoisotopic (exact) mass is 690 g/mol. The third-order valence-corrected chi connectivity index (χ3v) is 8.29. The van der Waals surface area contributed by atoms with Gasteiger partial charge in [0.05, 0.1) is 26.7 Å². The van der Waals surface area contributed by atoms with E-state index in [2.05, 4.69) is 27.9 Å². The molecule has 0 bridgehead atoms. The number of aromatic nitrogens is 2. The zero-order chi connectivity index (χ0) is 36.5. The van der Waals surface area contributed by atoms with Crippen LogP contribution < -0.4 is 20.7 Å². The Labute approximate surface area is 294 Å². The van der Waals surface area contributed by atoms with Crippen LogP contribution in [-0.2, 0) is 30.5 Å². The van der Waals surface area contributed by atoms with E-state index in [1.807, 2.05) is 59.5 Å². The normalized spacial score (nSPS) is 15.1. The minimum atomic E-state index is -1.43. The second-order valence-corrected chi connectivity index (χ2v) is 14.2. The fourth-order valence-electron chi connectivity index (χ4n) is 5.42. The number of amides is 4. The number of hydrogen-bond acceptors (Lipinski definition) is 8. The van der Waals surface area contributed by atoms with Crippen LogP contribution in [0.5, 0.6) is 5.75 Å². The number of methoxy groups -OCH3 is 1. The maximum absolute atomic E-state index is 14.0. The van der Waals surface area contributed by atoms with Crippen LogP contribution in [0.25, 0.3) is 0 Å². The Bertz CT molecular complexity index is 1610. The molecule has 2 heterocycles. The summed E-state index contributed by atoms with van der Waals surface area (Å²) < 4.78 is 18.3. The number of nitrogens with zero attached hydrogens (tertiary/aromatic N) is 3. The molecule has 3 N–H and O–H groups in total. The van der Waals surface area contributed by atoms with Gasteiger partial charge in [-0.25, -0.2) is 9.78 Å². The number of carbonyl (C=O) groups excluding carboxylic acids is 4. The minimum absolute atomic E-state index is 0.0837. The Morgan fingerprint density at radius 1 is 0.980 bits per heavy atom. The number of imidazole rings is 1. The van der Waals surface area contributed by atoms with Gasteiger partial charge in [0.1, 0.15) is 29.0 Å². The molecule has 0 radical (unpaired) electrons. The number of alkyl carbamates (subject to hydrolysis) is 1. The van der Waals surface area contributed by atoms with Crippen molar-refractivity contribution in [3.05, 3.63) is 78.2 Å². The standard InChI is InChI=1S/C37H50N6O7/c1-25-16-18-42(19-17-25)33(45)31(27-14-11-15-28(20-27)48-7)43-21-30(38-24-43)40-32(44)29(23-49-22-26-12-9-8-10-13-26)39-34(46)37(5,6)41-35(47)50-36(2,3)4/h8-15,20-21,24-25,29,31H,16-19,22-23H2,1-7H3,(H,39,46)(H,40,44)(H,41,47)/t29-,31?/m1/s1. The third-order valence-electron chi connectivity index (χ3n) is 8.29. The van der Waals surface area contributed by atoms with E-state index in [4.69, 9.17) is 14.2 Å². The van der Waals surface area contributed by atoms with Crippen LogP contribution in [0.15, 0.2) is 67.1 Å². The van der Waals surface area contributed by atoms with Gasteiger partial charge in [-0.05, 0) is 76.6 Å². The summed E-state index contributed by atoms with van der Waals surface area (Å²) >= 11 is 0. The van der Waals surface area contributed by atoms with Gasteiger partial charge >= 0.3 is 6.09 Å². The van der Waals surface area contributed by atoms with Gasteiger partial charge in [-0.1, -0.05) is 49.4 Å². The molecule has 270 valence electrons. The summed E-state index contributed by atoms with van der Waals surface area (Å²) in [6, 6.07) is 14.8. The van der Waals surface area contributed by atoms with Gasteiger partial charge in [-0.3, -0.25) is 14.4 Å². The predicted molar refractivity (Wildman–Crippen MR) is 188 cm³/mol. The van der Waals surface area contributed by atoms with E-state index in [0.29, 0.717) is 30.3 Å². The second kappa shape index (κ2) is 16.7. The molecule has 4 rings (SSSR count). The van der Waals surface area contributed by atoms with Crippen LogP contribution in [0, 0.1) is 5.92 Å². The summed E-state index contributed by atoms with van der Waals surface area (Å²) in [7, 11) is 1.57. The Morgan fingerprint density at radius 2 is 1.68 bits per heavy atom. The first-order valence-corrected chi connectivity index (χ1v) is 16.9. The number of anilines is 1. The first-order chi connectivity index (χ1) is 23.6. The lowest BCUT2D eigenvalue weighted by Crippen LogP contribution is -2.59. The number of nitrogens with one attached hydrogen (secondary N) is 3. The number of rotatable bonds is 13. The SMILES string of the molecule is COc1cccc(C(C(=O)N2CCC(C)CC2)n2cnc(NC(=O)[C@@H](COCc3ccccc3)NC(=O)C(C)(C)NC(=O)OC(C)(C)C)c2)c1. The molecule has 0 spiro atoms. The zero-order valence-electron chi connectivity index (χ0n) is 30.0. The van der Waals surface area contributed by atoms with Crippen molar-refractivity contribution in [1.82, 2.24) is 25.1 Å². The van der Waals surface area contributed by atoms with Crippen LogP contribution in [0.2, 0.25) is 0 Å². The molecular formula is C37H50N6O7. The van der Waals surface area contributed by atoms with Gasteiger partial charge in [0.25, 0.3) is 5.91 Å². The molecule has 1 unspecified atom stereocenters. The smallest absolute Gasteiger partial charge is 0.408 e. The predicted octanol–water partition coefficient (Wildman–Crippen LogP) is 4.68. The average molecular weight is 691 g/mol. The summed E-state index contributed by atoms with van der Waals surface area (Å²) in [6.07, 6.45) is 4.15. The van der Waals surface area contributed by atoms with Crippen molar-refractivity contribution in [2.24, 2.45) is 5.92 Å². The van der Waals surface area contributed by atoms with E-state index >= 15 is 0 Å². The quantitative estimate of drug-likeness (QED) is 0.234. The largest absolute Gasteiger partial charge is 0.497 e. The van der Waals surface area contributed by atoms with Gasteiger partial charge in [0, 0.05) is 19.3 Å². The maximum Gasteiger partial charge on any atom is 0.408 e. The van der Waals surface area contributed by atoms with Gasteiger partial charge in [-0.15, -0.1) is 0 Å². The molecule has 2 atom stereocenters. The van der Waals surface area contributed by atoms with E-state index in [1.54, 1.807) is 38.6 Å². The number of ether oxygens (including phenoxy) is 3. The molecule has 0 saturated carbocycles. The Hall–Kier alpha value is -4.91. The van der Waals surface area contributed by atoms with Crippen molar-refractivity contribution in [3.8, 4) is 5.75 Å². The van der Waals surface area contributed by atoms with Crippen molar-refractivity contribution in [3.63, 3.8) is 0 Å². The van der Waals surface area contributed by atoms with Crippen molar-refractivity contribution in [1.29, 1.82) is 0 Å². The fraction of sp³-hybridized carbons (Fsp3) is 0.486. The lowest BCUT2D eigenvalue weighted by Gasteiger charge is -2.33. The van der Waals surface area contributed by atoms with Crippen molar-refractivity contribution < 1.29 is 33.4 Å². The first kappa shape index (κ1) is 37.9. The molecule has 3 aromatic rings. The average Bonchev–Trinajstić information content (AvgIpc) is 3.51. The van der Waals surface area contributed by atoms with E-state index < -0.39 is 41.1 Å². The molecular weight excluding hydrogens is 640 g/mol. The molecule has 1 aliphatic heterocycles. The molecule has 1 fully saturated rings. The van der Waals surface area contributed by atoms with Crippen molar-refractivity contribution in [2.75, 3.05) is 32.1 Å². The molecule has 0 aliphatic carbocycles. The molecule has 1 saturated heterocycles. The molecule has 1 aromatic heterocycles. The van der Waals surface area contributed by atoms with Crippen molar-refractivity contribution >= 4 is 29.6 Å². The van der Waals surface area contributed by atoms with Crippen molar-refractivity contribution in [2.45, 2.75) is 84.2 Å². The van der Waals surface area contributed by atoms with Crippen LogP contribution in [0.4, 0.5) is 10.6 Å². The van der Waals surface area contributed by atoms with Gasteiger partial charge in [-0.2, -0.15) is 0 Å². The Morgan fingerprint density at radius 3 is 2.34 bits per heavy atom. The minimum Gasteiger partial charge on any atom is -0.497 e. The highest BCUT2D eigenvalue weighted by atomic mass is 16.6. The number of benzene rings is 2. The summed E-state index contributed by atoms with van der Waals surface area (Å²) in [5, 5.41) is 8.04. The van der Waals surface area contributed by atoms with Crippen LogP contribution in [-0.4, -0.2) is 82.3 Å². The number of likely N-dealkylation sites (tertiary alicyclic amines) is 1. The number of piperidine rings is 1. The third kappa shape index (κ3) is 10.8. The Kier molecular flexibility index (Phi) is 12.6. The van der Waals surface area contributed by atoms with Crippen LogP contribution >= 0.6 is 0 Å². The van der Waals surface area contributed by atoms with Crippen LogP contribution in [0.1, 0.15) is 71.6 Å². The number of hydrogen-bond donors (Lipinski definition) is 3. The maximum atomic E-state index is 14.0. The topological polar surface area (TPSA) is 153 Å². The molecule has 50 heavy (non-hydrogen) atoms. The highest BCUT2D eigenvalue weighted by Crippen LogP contribution is 2.28. The lowest BCUT2D eigenvalue weighted by atomic mass is 9.97.